The predicted octanol–water partition coefficient (Wildman–Crippen LogP) is 4.13. The molecule has 0 aliphatic carbocycles. The first-order chi connectivity index (χ1) is 9.56. The second kappa shape index (κ2) is 8.32. The first-order valence-electron chi connectivity index (χ1n) is 7.27. The Morgan fingerprint density at radius 3 is 2.45 bits per heavy atom. The number of hydrogen-bond acceptors (Lipinski definition) is 2. The molecule has 0 spiro atoms. The zero-order valence-electron chi connectivity index (χ0n) is 12.8. The van der Waals surface area contributed by atoms with Crippen LogP contribution in [-0.4, -0.2) is 19.8 Å². The van der Waals surface area contributed by atoms with Crippen molar-refractivity contribution in [2.75, 3.05) is 13.7 Å². The minimum Gasteiger partial charge on any atom is -0.379 e. The maximum Gasteiger partial charge on any atom is 0.133 e. The fourth-order valence-corrected chi connectivity index (χ4v) is 2.39. The molecule has 2 atom stereocenters. The van der Waals surface area contributed by atoms with Gasteiger partial charge in [0.2, 0.25) is 0 Å². The number of methoxy groups -OCH3 is 1. The lowest BCUT2D eigenvalue weighted by Gasteiger charge is -2.28. The third-order valence-corrected chi connectivity index (χ3v) is 3.49. The first-order valence-corrected chi connectivity index (χ1v) is 7.27. The predicted molar refractivity (Wildman–Crippen MR) is 77.8 cm³/mol. The highest BCUT2D eigenvalue weighted by Crippen LogP contribution is 2.28. The molecule has 2 unspecified atom stereocenters. The van der Waals surface area contributed by atoms with E-state index in [9.17, 15) is 8.78 Å². The van der Waals surface area contributed by atoms with Crippen LogP contribution in [0.2, 0.25) is 0 Å². The average Bonchev–Trinajstić information content (AvgIpc) is 2.44. The lowest BCUT2D eigenvalue weighted by Crippen LogP contribution is -2.35. The first kappa shape index (κ1) is 17.1. The molecule has 0 aromatic heterocycles. The number of hydrogen-bond donors (Lipinski definition) is 1. The summed E-state index contributed by atoms with van der Waals surface area (Å²) >= 11 is 0. The number of ether oxygens (including phenoxy) is 1. The molecule has 114 valence electrons. The lowest BCUT2D eigenvalue weighted by molar-refractivity contribution is 0.0582. The fourth-order valence-electron chi connectivity index (χ4n) is 2.39. The number of nitrogens with one attached hydrogen (secondary N) is 1. The maximum atomic E-state index is 14.3. The quantitative estimate of drug-likeness (QED) is 0.775. The summed E-state index contributed by atoms with van der Waals surface area (Å²) in [6.45, 7) is 6.40. The standard InChI is InChI=1S/C16H25F2NO/c1-5-7-13(20-4)16(19-10-6-2)14-12(17)9-8-11(3)15(14)18/h8-9,13,16,19H,5-7,10H2,1-4H3. The zero-order valence-corrected chi connectivity index (χ0v) is 12.8. The molecule has 2 nitrogen and oxygen atoms in total. The van der Waals surface area contributed by atoms with Crippen molar-refractivity contribution in [1.29, 1.82) is 0 Å². The number of rotatable bonds is 8. The van der Waals surface area contributed by atoms with E-state index in [-0.39, 0.29) is 11.7 Å². The molecule has 0 amide bonds. The van der Waals surface area contributed by atoms with Crippen LogP contribution in [0.1, 0.15) is 50.3 Å². The SMILES string of the molecule is CCCNC(c1c(F)ccc(C)c1F)C(CCC)OC. The Balaban J connectivity index is 3.18. The van der Waals surface area contributed by atoms with Crippen LogP contribution < -0.4 is 5.32 Å². The van der Waals surface area contributed by atoms with Gasteiger partial charge in [0.1, 0.15) is 11.6 Å². The van der Waals surface area contributed by atoms with E-state index in [1.165, 1.54) is 12.1 Å². The Hall–Kier alpha value is -1.00. The molecule has 0 fully saturated rings. The van der Waals surface area contributed by atoms with Crippen LogP contribution in [0.3, 0.4) is 0 Å². The molecule has 1 aromatic carbocycles. The summed E-state index contributed by atoms with van der Waals surface area (Å²) in [5.41, 5.74) is 0.551. The maximum absolute atomic E-state index is 14.3. The number of aryl methyl sites for hydroxylation is 1. The Morgan fingerprint density at radius 2 is 1.90 bits per heavy atom. The van der Waals surface area contributed by atoms with E-state index < -0.39 is 17.7 Å². The fraction of sp³-hybridized carbons (Fsp3) is 0.625. The highest BCUT2D eigenvalue weighted by Gasteiger charge is 2.28. The highest BCUT2D eigenvalue weighted by molar-refractivity contribution is 5.30. The highest BCUT2D eigenvalue weighted by atomic mass is 19.1. The third-order valence-electron chi connectivity index (χ3n) is 3.49. The third kappa shape index (κ3) is 4.00. The Kier molecular flexibility index (Phi) is 7.10. The van der Waals surface area contributed by atoms with E-state index in [0.29, 0.717) is 12.1 Å². The minimum absolute atomic E-state index is 0.0961. The van der Waals surface area contributed by atoms with Crippen LogP contribution in [0.15, 0.2) is 12.1 Å². The van der Waals surface area contributed by atoms with Crippen molar-refractivity contribution in [3.8, 4) is 0 Å². The van der Waals surface area contributed by atoms with Gasteiger partial charge in [-0.15, -0.1) is 0 Å². The Morgan fingerprint density at radius 1 is 1.20 bits per heavy atom. The molecule has 0 radical (unpaired) electrons. The van der Waals surface area contributed by atoms with E-state index in [0.717, 1.165) is 19.3 Å². The van der Waals surface area contributed by atoms with Gasteiger partial charge in [-0.1, -0.05) is 26.3 Å². The Bertz CT molecular complexity index is 423. The van der Waals surface area contributed by atoms with E-state index in [4.69, 9.17) is 4.74 Å². The Labute approximate surface area is 120 Å². The van der Waals surface area contributed by atoms with Crippen LogP contribution in [0, 0.1) is 18.6 Å². The van der Waals surface area contributed by atoms with Crippen molar-refractivity contribution in [1.82, 2.24) is 5.32 Å². The van der Waals surface area contributed by atoms with Gasteiger partial charge in [-0.05, 0) is 37.9 Å². The van der Waals surface area contributed by atoms with Crippen molar-refractivity contribution in [2.45, 2.75) is 52.2 Å². The topological polar surface area (TPSA) is 21.3 Å². The lowest BCUT2D eigenvalue weighted by atomic mass is 9.95. The van der Waals surface area contributed by atoms with E-state index in [1.807, 2.05) is 13.8 Å². The van der Waals surface area contributed by atoms with Gasteiger partial charge in [-0.25, -0.2) is 8.78 Å². The zero-order chi connectivity index (χ0) is 15.1. The van der Waals surface area contributed by atoms with Gasteiger partial charge in [0, 0.05) is 12.7 Å². The normalized spacial score (nSPS) is 14.3. The molecule has 0 heterocycles. The smallest absolute Gasteiger partial charge is 0.133 e. The molecule has 0 saturated heterocycles. The minimum atomic E-state index is -0.514. The van der Waals surface area contributed by atoms with E-state index in [1.54, 1.807) is 14.0 Å². The van der Waals surface area contributed by atoms with Crippen molar-refractivity contribution in [3.05, 3.63) is 34.9 Å². The monoisotopic (exact) mass is 285 g/mol. The van der Waals surface area contributed by atoms with Gasteiger partial charge in [-0.3, -0.25) is 0 Å². The van der Waals surface area contributed by atoms with E-state index in [2.05, 4.69) is 5.32 Å². The van der Waals surface area contributed by atoms with Gasteiger partial charge in [-0.2, -0.15) is 0 Å². The largest absolute Gasteiger partial charge is 0.379 e. The van der Waals surface area contributed by atoms with Crippen molar-refractivity contribution >= 4 is 0 Å². The van der Waals surface area contributed by atoms with Gasteiger partial charge in [0.25, 0.3) is 0 Å². The van der Waals surface area contributed by atoms with Crippen molar-refractivity contribution < 1.29 is 13.5 Å². The molecule has 0 aliphatic rings. The molecule has 0 bridgehead atoms. The summed E-state index contributed by atoms with van der Waals surface area (Å²) in [5, 5.41) is 3.23. The van der Waals surface area contributed by atoms with Crippen molar-refractivity contribution in [3.63, 3.8) is 0 Å². The average molecular weight is 285 g/mol. The number of benzene rings is 1. The molecule has 0 aliphatic heterocycles. The van der Waals surface area contributed by atoms with Crippen LogP contribution >= 0.6 is 0 Å². The molecule has 20 heavy (non-hydrogen) atoms. The van der Waals surface area contributed by atoms with Crippen LogP contribution in [0.4, 0.5) is 8.78 Å². The van der Waals surface area contributed by atoms with E-state index >= 15 is 0 Å². The molecule has 4 heteroatoms. The van der Waals surface area contributed by atoms with Crippen molar-refractivity contribution in [2.24, 2.45) is 0 Å². The summed E-state index contributed by atoms with van der Waals surface area (Å²) in [5.74, 6) is -0.989. The molecule has 1 aromatic rings. The number of halogens is 2. The summed E-state index contributed by atoms with van der Waals surface area (Å²) in [6.07, 6.45) is 2.31. The van der Waals surface area contributed by atoms with Gasteiger partial charge < -0.3 is 10.1 Å². The molecule has 1 N–H and O–H groups in total. The molecular formula is C16H25F2NO. The van der Waals surface area contributed by atoms with Gasteiger partial charge in [0.15, 0.2) is 0 Å². The molecule has 0 saturated carbocycles. The summed E-state index contributed by atoms with van der Waals surface area (Å²) < 4.78 is 33.9. The molecule has 1 rings (SSSR count). The summed E-state index contributed by atoms with van der Waals surface area (Å²) in [7, 11) is 1.59. The second-order valence-corrected chi connectivity index (χ2v) is 5.09. The van der Waals surface area contributed by atoms with Gasteiger partial charge in [0.05, 0.1) is 12.1 Å². The summed E-state index contributed by atoms with van der Waals surface area (Å²) in [4.78, 5) is 0. The van der Waals surface area contributed by atoms with Crippen LogP contribution in [0.25, 0.3) is 0 Å². The van der Waals surface area contributed by atoms with Gasteiger partial charge >= 0.3 is 0 Å². The second-order valence-electron chi connectivity index (χ2n) is 5.09. The van der Waals surface area contributed by atoms with Crippen LogP contribution in [0.5, 0.6) is 0 Å². The summed E-state index contributed by atoms with van der Waals surface area (Å²) in [6, 6.07) is 2.33. The van der Waals surface area contributed by atoms with Crippen LogP contribution in [-0.2, 0) is 4.74 Å². The molecular weight excluding hydrogens is 260 g/mol.